The van der Waals surface area contributed by atoms with E-state index in [9.17, 15) is 4.79 Å². The lowest BCUT2D eigenvalue weighted by Crippen LogP contribution is -2.31. The number of anilines is 2. The summed E-state index contributed by atoms with van der Waals surface area (Å²) in [4.78, 5) is 12.2. The van der Waals surface area contributed by atoms with E-state index in [4.69, 9.17) is 9.47 Å². The van der Waals surface area contributed by atoms with Gasteiger partial charge in [0.15, 0.2) is 11.5 Å². The van der Waals surface area contributed by atoms with Gasteiger partial charge in [0.05, 0.1) is 14.2 Å². The Balaban J connectivity index is 2.01. The van der Waals surface area contributed by atoms with Gasteiger partial charge in [-0.05, 0) is 43.3 Å². The second-order valence-corrected chi connectivity index (χ2v) is 5.85. The van der Waals surface area contributed by atoms with E-state index < -0.39 is 6.04 Å². The number of carbonyl (C=O) groups is 1. The largest absolute Gasteiger partial charge is 0.493 e. The highest BCUT2D eigenvalue weighted by Gasteiger charge is 2.14. The van der Waals surface area contributed by atoms with Gasteiger partial charge < -0.3 is 20.1 Å². The Hall–Kier alpha value is -2.21. The first-order valence-corrected chi connectivity index (χ1v) is 7.87. The summed E-state index contributed by atoms with van der Waals surface area (Å²) < 4.78 is 11.4. The Kier molecular flexibility index (Phi) is 5.87. The summed E-state index contributed by atoms with van der Waals surface area (Å²) in [7, 11) is 3.16. The van der Waals surface area contributed by atoms with Crippen LogP contribution in [0.2, 0.25) is 0 Å². The number of hydrogen-bond acceptors (Lipinski definition) is 4. The van der Waals surface area contributed by atoms with Crippen molar-refractivity contribution in [3.05, 3.63) is 46.9 Å². The molecule has 2 aromatic carbocycles. The van der Waals surface area contributed by atoms with Crippen molar-refractivity contribution in [2.45, 2.75) is 13.0 Å². The van der Waals surface area contributed by atoms with Crippen LogP contribution in [0.25, 0.3) is 0 Å². The van der Waals surface area contributed by atoms with Crippen LogP contribution in [0.5, 0.6) is 11.5 Å². The third-order valence-corrected chi connectivity index (χ3v) is 3.80. The van der Waals surface area contributed by atoms with E-state index in [2.05, 4.69) is 26.6 Å². The van der Waals surface area contributed by atoms with Crippen LogP contribution in [0.15, 0.2) is 46.9 Å². The molecule has 2 aromatic rings. The summed E-state index contributed by atoms with van der Waals surface area (Å²) in [5.74, 6) is 1.13. The van der Waals surface area contributed by atoms with E-state index in [1.807, 2.05) is 30.3 Å². The van der Waals surface area contributed by atoms with Gasteiger partial charge in [0.25, 0.3) is 0 Å². The second-order valence-electron chi connectivity index (χ2n) is 4.93. The molecule has 0 heterocycles. The van der Waals surface area contributed by atoms with Crippen LogP contribution in [0, 0.1) is 0 Å². The summed E-state index contributed by atoms with van der Waals surface area (Å²) in [6.07, 6.45) is 0. The SMILES string of the molecule is COc1ccc(N[C@H](C)C(=O)Nc2ccc(Br)cc2)cc1OC. The Bertz CT molecular complexity index is 674. The molecular formula is C17H19BrN2O3. The predicted molar refractivity (Wildman–Crippen MR) is 95.4 cm³/mol. The van der Waals surface area contributed by atoms with Crippen LogP contribution in [0.4, 0.5) is 11.4 Å². The van der Waals surface area contributed by atoms with Gasteiger partial charge in [-0.15, -0.1) is 0 Å². The number of amides is 1. The molecule has 0 aromatic heterocycles. The third kappa shape index (κ3) is 4.63. The lowest BCUT2D eigenvalue weighted by Gasteiger charge is -2.17. The molecule has 0 unspecified atom stereocenters. The molecule has 0 aliphatic heterocycles. The lowest BCUT2D eigenvalue weighted by atomic mass is 10.2. The molecule has 0 spiro atoms. The summed E-state index contributed by atoms with van der Waals surface area (Å²) in [6.45, 7) is 1.80. The maximum atomic E-state index is 12.2. The highest BCUT2D eigenvalue weighted by molar-refractivity contribution is 9.10. The van der Waals surface area contributed by atoms with Gasteiger partial charge in [-0.3, -0.25) is 4.79 Å². The minimum absolute atomic E-state index is 0.123. The molecule has 23 heavy (non-hydrogen) atoms. The predicted octanol–water partition coefficient (Wildman–Crippen LogP) is 3.91. The van der Waals surface area contributed by atoms with Crippen molar-refractivity contribution in [3.8, 4) is 11.5 Å². The molecule has 0 aliphatic rings. The number of carbonyl (C=O) groups excluding carboxylic acids is 1. The Morgan fingerprint density at radius 3 is 2.22 bits per heavy atom. The van der Waals surface area contributed by atoms with Gasteiger partial charge in [-0.1, -0.05) is 15.9 Å². The molecule has 5 nitrogen and oxygen atoms in total. The monoisotopic (exact) mass is 378 g/mol. The van der Waals surface area contributed by atoms with Crippen LogP contribution >= 0.6 is 15.9 Å². The molecule has 1 atom stereocenters. The number of methoxy groups -OCH3 is 2. The smallest absolute Gasteiger partial charge is 0.246 e. The molecule has 0 bridgehead atoms. The summed E-state index contributed by atoms with van der Waals surface area (Å²) in [5, 5.41) is 6.00. The van der Waals surface area contributed by atoms with Crippen LogP contribution in [0.1, 0.15) is 6.92 Å². The van der Waals surface area contributed by atoms with E-state index >= 15 is 0 Å². The van der Waals surface area contributed by atoms with Crippen LogP contribution in [-0.2, 0) is 4.79 Å². The maximum absolute atomic E-state index is 12.2. The summed E-state index contributed by atoms with van der Waals surface area (Å²) in [6, 6.07) is 12.4. The van der Waals surface area contributed by atoms with E-state index in [-0.39, 0.29) is 5.91 Å². The zero-order valence-corrected chi connectivity index (χ0v) is 14.8. The first-order chi connectivity index (χ1) is 11.0. The van der Waals surface area contributed by atoms with Crippen molar-refractivity contribution in [2.24, 2.45) is 0 Å². The zero-order valence-electron chi connectivity index (χ0n) is 13.2. The minimum atomic E-state index is -0.406. The average molecular weight is 379 g/mol. The number of benzene rings is 2. The molecule has 122 valence electrons. The van der Waals surface area contributed by atoms with Crippen molar-refractivity contribution < 1.29 is 14.3 Å². The normalized spacial score (nSPS) is 11.5. The number of rotatable bonds is 6. The van der Waals surface area contributed by atoms with E-state index in [1.54, 1.807) is 33.3 Å². The fraction of sp³-hybridized carbons (Fsp3) is 0.235. The standard InChI is InChI=1S/C17H19BrN2O3/c1-11(17(21)20-13-6-4-12(18)5-7-13)19-14-8-9-15(22-2)16(10-14)23-3/h4-11,19H,1-3H3,(H,20,21)/t11-/m1/s1. The fourth-order valence-electron chi connectivity index (χ4n) is 2.03. The number of ether oxygens (including phenoxy) is 2. The topological polar surface area (TPSA) is 59.6 Å². The molecule has 1 amide bonds. The summed E-state index contributed by atoms with van der Waals surface area (Å²) in [5.41, 5.74) is 1.53. The van der Waals surface area contributed by atoms with Crippen molar-refractivity contribution in [1.29, 1.82) is 0 Å². The number of halogens is 1. The van der Waals surface area contributed by atoms with Crippen molar-refractivity contribution in [3.63, 3.8) is 0 Å². The summed E-state index contributed by atoms with van der Waals surface area (Å²) >= 11 is 3.36. The van der Waals surface area contributed by atoms with Gasteiger partial charge in [0, 0.05) is 21.9 Å². The molecule has 6 heteroatoms. The highest BCUT2D eigenvalue weighted by atomic mass is 79.9. The van der Waals surface area contributed by atoms with Gasteiger partial charge >= 0.3 is 0 Å². The third-order valence-electron chi connectivity index (χ3n) is 3.27. The van der Waals surface area contributed by atoms with Crippen LogP contribution in [0.3, 0.4) is 0 Å². The quantitative estimate of drug-likeness (QED) is 0.799. The molecule has 2 rings (SSSR count). The first-order valence-electron chi connectivity index (χ1n) is 7.08. The maximum Gasteiger partial charge on any atom is 0.246 e. The average Bonchev–Trinajstić information content (AvgIpc) is 2.56. The van der Waals surface area contributed by atoms with E-state index in [0.29, 0.717) is 11.5 Å². The zero-order chi connectivity index (χ0) is 16.8. The van der Waals surface area contributed by atoms with Crippen molar-refractivity contribution in [1.82, 2.24) is 0 Å². The van der Waals surface area contributed by atoms with E-state index in [0.717, 1.165) is 15.8 Å². The molecule has 0 fully saturated rings. The fourth-order valence-corrected chi connectivity index (χ4v) is 2.29. The Morgan fingerprint density at radius 2 is 1.61 bits per heavy atom. The first kappa shape index (κ1) is 17.1. The molecule has 0 radical (unpaired) electrons. The van der Waals surface area contributed by atoms with Gasteiger partial charge in [0.1, 0.15) is 6.04 Å². The van der Waals surface area contributed by atoms with E-state index in [1.165, 1.54) is 0 Å². The highest BCUT2D eigenvalue weighted by Crippen LogP contribution is 2.30. The Morgan fingerprint density at radius 1 is 1.00 bits per heavy atom. The van der Waals surface area contributed by atoms with Crippen LogP contribution in [-0.4, -0.2) is 26.2 Å². The van der Waals surface area contributed by atoms with Crippen LogP contribution < -0.4 is 20.1 Å². The molecule has 2 N–H and O–H groups in total. The molecular weight excluding hydrogens is 360 g/mol. The van der Waals surface area contributed by atoms with Gasteiger partial charge in [0.2, 0.25) is 5.91 Å². The van der Waals surface area contributed by atoms with Crippen molar-refractivity contribution in [2.75, 3.05) is 24.9 Å². The lowest BCUT2D eigenvalue weighted by molar-refractivity contribution is -0.116. The van der Waals surface area contributed by atoms with Gasteiger partial charge in [-0.25, -0.2) is 0 Å². The number of nitrogens with one attached hydrogen (secondary N) is 2. The number of hydrogen-bond donors (Lipinski definition) is 2. The molecule has 0 aliphatic carbocycles. The Labute approximate surface area is 144 Å². The van der Waals surface area contributed by atoms with Crippen molar-refractivity contribution >= 4 is 33.2 Å². The molecule has 0 saturated heterocycles. The van der Waals surface area contributed by atoms with Gasteiger partial charge in [-0.2, -0.15) is 0 Å². The minimum Gasteiger partial charge on any atom is -0.493 e. The second kappa shape index (κ2) is 7.87. The molecule has 0 saturated carbocycles.